The summed E-state index contributed by atoms with van der Waals surface area (Å²) in [5, 5.41) is 1.38. The smallest absolute Gasteiger partial charge is 0.336 e. The van der Waals surface area contributed by atoms with E-state index in [4.69, 9.17) is 27.8 Å². The minimum atomic E-state index is -0.828. The lowest BCUT2D eigenvalue weighted by molar-refractivity contribution is -0.155. The third kappa shape index (κ3) is 10.6. The summed E-state index contributed by atoms with van der Waals surface area (Å²) in [5.41, 5.74) is -0.725. The van der Waals surface area contributed by atoms with Gasteiger partial charge >= 0.3 is 35.1 Å². The standard InChI is InChI=1S/C36H36Br2O12/c1-19-9-29(39)47-25-13-27(23(37)11-21(19)25)49-33(43)17-35(3,4)15-31(41)45-7-8-46-32(42)16-36(5,6)18-34(44)50-28-14-26-22(12-24(28)38)20(2)10-30(40)48-26/h9-14H,7-8,15-18H2,1-6H3. The van der Waals surface area contributed by atoms with Crippen molar-refractivity contribution in [3.8, 4) is 11.5 Å². The predicted octanol–water partition coefficient (Wildman–Crippen LogP) is 7.25. The monoisotopic (exact) mass is 818 g/mol. The third-order valence-corrected chi connectivity index (χ3v) is 8.80. The fourth-order valence-corrected chi connectivity index (χ4v) is 6.06. The van der Waals surface area contributed by atoms with Crippen LogP contribution < -0.4 is 20.7 Å². The summed E-state index contributed by atoms with van der Waals surface area (Å²) >= 11 is 6.75. The van der Waals surface area contributed by atoms with E-state index in [0.29, 0.717) is 30.8 Å². The van der Waals surface area contributed by atoms with E-state index in [0.717, 1.165) is 0 Å². The molecule has 50 heavy (non-hydrogen) atoms. The van der Waals surface area contributed by atoms with Gasteiger partial charge in [-0.3, -0.25) is 19.2 Å². The summed E-state index contributed by atoms with van der Waals surface area (Å²) in [7, 11) is 0. The van der Waals surface area contributed by atoms with Crippen LogP contribution in [0.15, 0.2) is 63.8 Å². The highest BCUT2D eigenvalue weighted by Crippen LogP contribution is 2.35. The Balaban J connectivity index is 1.19. The second-order valence-corrected chi connectivity index (χ2v) is 15.2. The molecule has 0 atom stereocenters. The number of rotatable bonds is 13. The van der Waals surface area contributed by atoms with Crippen molar-refractivity contribution >= 4 is 77.7 Å². The summed E-state index contributed by atoms with van der Waals surface area (Å²) in [4.78, 5) is 74.0. The van der Waals surface area contributed by atoms with Crippen LogP contribution in [0.4, 0.5) is 0 Å². The Hall–Kier alpha value is -4.30. The average Bonchev–Trinajstić information content (AvgIpc) is 2.96. The van der Waals surface area contributed by atoms with Crippen molar-refractivity contribution in [2.45, 2.75) is 67.2 Å². The van der Waals surface area contributed by atoms with Crippen molar-refractivity contribution in [3.05, 3.63) is 77.3 Å². The van der Waals surface area contributed by atoms with Crippen LogP contribution in [0.25, 0.3) is 21.9 Å². The Morgan fingerprint density at radius 1 is 0.580 bits per heavy atom. The van der Waals surface area contributed by atoms with Gasteiger partial charge in [-0.1, -0.05) is 27.7 Å². The molecule has 4 aromatic rings. The topological polar surface area (TPSA) is 166 Å². The van der Waals surface area contributed by atoms with Gasteiger partial charge in [0.15, 0.2) is 0 Å². The fraction of sp³-hybridized carbons (Fsp3) is 0.389. The van der Waals surface area contributed by atoms with E-state index in [2.05, 4.69) is 31.9 Å². The minimum absolute atomic E-state index is 0.114. The number of fused-ring (bicyclic) bond motifs is 2. The van der Waals surface area contributed by atoms with Gasteiger partial charge in [0.25, 0.3) is 0 Å². The first-order valence-corrected chi connectivity index (χ1v) is 17.1. The van der Waals surface area contributed by atoms with Crippen molar-refractivity contribution in [3.63, 3.8) is 0 Å². The van der Waals surface area contributed by atoms with E-state index in [1.807, 2.05) is 0 Å². The van der Waals surface area contributed by atoms with Gasteiger partial charge < -0.3 is 27.8 Å². The normalized spacial score (nSPS) is 11.8. The third-order valence-electron chi connectivity index (χ3n) is 7.56. The van der Waals surface area contributed by atoms with Gasteiger partial charge in [0, 0.05) is 35.0 Å². The number of hydrogen-bond acceptors (Lipinski definition) is 12. The van der Waals surface area contributed by atoms with Crippen LogP contribution in [-0.4, -0.2) is 37.1 Å². The van der Waals surface area contributed by atoms with Crippen LogP contribution in [0.5, 0.6) is 11.5 Å². The molecule has 0 aliphatic carbocycles. The lowest BCUT2D eigenvalue weighted by Crippen LogP contribution is -2.26. The van der Waals surface area contributed by atoms with Gasteiger partial charge in [-0.15, -0.1) is 0 Å². The zero-order chi connectivity index (χ0) is 37.0. The molecule has 0 radical (unpaired) electrons. The van der Waals surface area contributed by atoms with Crippen LogP contribution in [0.2, 0.25) is 0 Å². The van der Waals surface area contributed by atoms with Crippen molar-refractivity contribution in [1.29, 1.82) is 0 Å². The zero-order valence-electron chi connectivity index (χ0n) is 28.4. The maximum atomic E-state index is 12.7. The minimum Gasteiger partial charge on any atom is -0.462 e. The number of aryl methyl sites for hydroxylation is 2. The molecule has 0 amide bonds. The van der Waals surface area contributed by atoms with Crippen LogP contribution in [0.3, 0.4) is 0 Å². The molecule has 0 bridgehead atoms. The molecule has 0 fully saturated rings. The molecule has 2 heterocycles. The van der Waals surface area contributed by atoms with Crippen LogP contribution in [0, 0.1) is 24.7 Å². The van der Waals surface area contributed by atoms with Gasteiger partial charge in [-0.25, -0.2) is 9.59 Å². The van der Waals surface area contributed by atoms with Gasteiger partial charge in [-0.05, 0) is 79.8 Å². The summed E-state index contributed by atoms with van der Waals surface area (Å²) in [6.45, 7) is 9.96. The molecule has 0 N–H and O–H groups in total. The second-order valence-electron chi connectivity index (χ2n) is 13.5. The molecule has 2 aromatic carbocycles. The zero-order valence-corrected chi connectivity index (χ0v) is 31.5. The van der Waals surface area contributed by atoms with E-state index in [1.54, 1.807) is 53.7 Å². The Bertz CT molecular complexity index is 1940. The number of halogens is 2. The second kappa shape index (κ2) is 15.7. The van der Waals surface area contributed by atoms with E-state index >= 15 is 0 Å². The number of hydrogen-bond donors (Lipinski definition) is 0. The maximum absolute atomic E-state index is 12.7. The molecule has 0 aliphatic rings. The van der Waals surface area contributed by atoms with E-state index in [1.165, 1.54) is 24.3 Å². The molecule has 0 saturated carbocycles. The summed E-state index contributed by atoms with van der Waals surface area (Å²) in [5.74, 6) is -2.07. The average molecular weight is 820 g/mol. The molecule has 0 unspecified atom stereocenters. The molecular formula is C36H36Br2O12. The maximum Gasteiger partial charge on any atom is 0.336 e. The van der Waals surface area contributed by atoms with Crippen molar-refractivity contribution < 1.29 is 47.0 Å². The first-order chi connectivity index (χ1) is 23.3. The van der Waals surface area contributed by atoms with Crippen LogP contribution >= 0.6 is 31.9 Å². The Kier molecular flexibility index (Phi) is 12.1. The van der Waals surface area contributed by atoms with Crippen LogP contribution in [0.1, 0.15) is 64.5 Å². The SMILES string of the molecule is Cc1cc(=O)oc2cc(OC(=O)CC(C)(C)CC(=O)OCCOC(=O)CC(C)(C)CC(=O)Oc3cc4oc(=O)cc(C)c4cc3Br)c(Br)cc12. The highest BCUT2D eigenvalue weighted by atomic mass is 79.9. The molecule has 0 saturated heterocycles. The van der Waals surface area contributed by atoms with E-state index in [-0.39, 0.29) is 61.6 Å². The van der Waals surface area contributed by atoms with Gasteiger partial charge in [0.1, 0.15) is 35.9 Å². The predicted molar refractivity (Wildman–Crippen MR) is 189 cm³/mol. The van der Waals surface area contributed by atoms with Crippen molar-refractivity contribution in [2.24, 2.45) is 10.8 Å². The summed E-state index contributed by atoms with van der Waals surface area (Å²) < 4.78 is 32.8. The molecule has 4 rings (SSSR count). The first-order valence-electron chi connectivity index (χ1n) is 15.5. The summed E-state index contributed by atoms with van der Waals surface area (Å²) in [6.07, 6.45) is -0.468. The quantitative estimate of drug-likeness (QED) is 0.0575. The first kappa shape index (κ1) is 38.5. The highest BCUT2D eigenvalue weighted by molar-refractivity contribution is 9.11. The van der Waals surface area contributed by atoms with Gasteiger partial charge in [0.2, 0.25) is 0 Å². The van der Waals surface area contributed by atoms with Crippen molar-refractivity contribution in [1.82, 2.24) is 0 Å². The molecule has 12 nitrogen and oxygen atoms in total. The molecule has 0 spiro atoms. The van der Waals surface area contributed by atoms with E-state index < -0.39 is 46.0 Å². The lowest BCUT2D eigenvalue weighted by atomic mass is 9.86. The molecule has 266 valence electrons. The number of esters is 4. The summed E-state index contributed by atoms with van der Waals surface area (Å²) in [6, 6.07) is 9.03. The van der Waals surface area contributed by atoms with E-state index in [9.17, 15) is 28.8 Å². The van der Waals surface area contributed by atoms with Crippen LogP contribution in [-0.2, 0) is 28.7 Å². The number of carbonyl (C=O) groups is 4. The number of ether oxygens (including phenoxy) is 4. The Morgan fingerprint density at radius 3 is 1.28 bits per heavy atom. The van der Waals surface area contributed by atoms with Crippen molar-refractivity contribution in [2.75, 3.05) is 13.2 Å². The Morgan fingerprint density at radius 2 is 0.920 bits per heavy atom. The molecule has 14 heteroatoms. The molecular weight excluding hydrogens is 784 g/mol. The molecule has 2 aromatic heterocycles. The lowest BCUT2D eigenvalue weighted by Gasteiger charge is -2.23. The number of benzene rings is 2. The highest BCUT2D eigenvalue weighted by Gasteiger charge is 2.29. The van der Waals surface area contributed by atoms with Gasteiger partial charge in [0.05, 0.1) is 34.6 Å². The largest absolute Gasteiger partial charge is 0.462 e. The molecule has 0 aliphatic heterocycles. The van der Waals surface area contributed by atoms with Gasteiger partial charge in [-0.2, -0.15) is 0 Å². The fourth-order valence-electron chi connectivity index (χ4n) is 5.21. The number of carbonyl (C=O) groups excluding carboxylic acids is 4. The Labute approximate surface area is 303 Å².